The lowest BCUT2D eigenvalue weighted by atomic mass is 10.1. The number of pyridine rings is 1. The third-order valence-electron chi connectivity index (χ3n) is 1.81. The fraction of sp³-hybridized carbons (Fsp3) is 0. The first kappa shape index (κ1) is 10.6. The van der Waals surface area contributed by atoms with Gasteiger partial charge in [-0.05, 0) is 40.2 Å². The summed E-state index contributed by atoms with van der Waals surface area (Å²) in [6, 6.07) is 10.7. The molecule has 4 heteroatoms. The van der Waals surface area contributed by atoms with Crippen molar-refractivity contribution in [3.8, 4) is 11.3 Å². The molecule has 1 radical (unpaired) electrons. The monoisotopic (exact) mass is 284 g/mol. The molecule has 0 atom stereocenters. The lowest BCUT2D eigenvalue weighted by molar-refractivity contribution is 0.626. The van der Waals surface area contributed by atoms with E-state index in [9.17, 15) is 4.39 Å². The lowest BCUT2D eigenvalue weighted by Crippen LogP contribution is -1.85. The van der Waals surface area contributed by atoms with Gasteiger partial charge in [-0.15, -0.1) is 0 Å². The maximum absolute atomic E-state index is 13.0. The summed E-state index contributed by atoms with van der Waals surface area (Å²) in [4.78, 5) is 4.20. The highest BCUT2D eigenvalue weighted by molar-refractivity contribution is 9.10. The smallest absolute Gasteiger partial charge is 0.133 e. The van der Waals surface area contributed by atoms with Crippen LogP contribution in [0.4, 0.5) is 4.39 Å². The van der Waals surface area contributed by atoms with Crippen LogP contribution in [0.1, 0.15) is 0 Å². The standard InChI is InChI=1S/C11H5BrClFN/c12-11-3-1-2-10(15-11)7-4-8(13)6-9(14)5-7/h1-5H. The van der Waals surface area contributed by atoms with Gasteiger partial charge in [-0.1, -0.05) is 17.7 Å². The van der Waals surface area contributed by atoms with E-state index in [-0.39, 0.29) is 5.02 Å². The highest BCUT2D eigenvalue weighted by Crippen LogP contribution is 2.23. The molecule has 1 aromatic heterocycles. The fourth-order valence-electron chi connectivity index (χ4n) is 1.22. The van der Waals surface area contributed by atoms with E-state index in [2.05, 4.69) is 27.0 Å². The van der Waals surface area contributed by atoms with Crippen LogP contribution in [0.25, 0.3) is 11.3 Å². The number of benzene rings is 1. The second-order valence-electron chi connectivity index (χ2n) is 2.91. The molecule has 0 bridgehead atoms. The summed E-state index contributed by atoms with van der Waals surface area (Å²) in [5, 5.41) is 0.242. The molecule has 0 unspecified atom stereocenters. The Morgan fingerprint density at radius 2 is 2.13 bits per heavy atom. The van der Waals surface area contributed by atoms with Crippen molar-refractivity contribution in [3.05, 3.63) is 51.8 Å². The molecule has 0 saturated carbocycles. The molecule has 0 spiro atoms. The van der Waals surface area contributed by atoms with Gasteiger partial charge in [0.2, 0.25) is 0 Å². The summed E-state index contributed by atoms with van der Waals surface area (Å²) < 4.78 is 13.7. The molecule has 2 rings (SSSR count). The van der Waals surface area contributed by atoms with E-state index in [0.29, 0.717) is 15.9 Å². The Hall–Kier alpha value is -0.930. The van der Waals surface area contributed by atoms with Crippen LogP contribution in [0.15, 0.2) is 34.9 Å². The highest BCUT2D eigenvalue weighted by atomic mass is 79.9. The lowest BCUT2D eigenvalue weighted by Gasteiger charge is -2.02. The van der Waals surface area contributed by atoms with Crippen LogP contribution >= 0.6 is 27.5 Å². The first-order valence-corrected chi connectivity index (χ1v) is 5.33. The van der Waals surface area contributed by atoms with Gasteiger partial charge < -0.3 is 0 Å². The Morgan fingerprint density at radius 3 is 2.80 bits per heavy atom. The summed E-state index contributed by atoms with van der Waals surface area (Å²) in [5.74, 6) is -0.487. The average Bonchev–Trinajstić information content (AvgIpc) is 2.16. The van der Waals surface area contributed by atoms with Gasteiger partial charge in [0.05, 0.1) is 10.7 Å². The van der Waals surface area contributed by atoms with E-state index >= 15 is 0 Å². The largest absolute Gasteiger partial charge is 0.241 e. The summed E-state index contributed by atoms with van der Waals surface area (Å²) in [5.41, 5.74) is 1.30. The van der Waals surface area contributed by atoms with Crippen LogP contribution in [0.5, 0.6) is 0 Å². The van der Waals surface area contributed by atoms with Gasteiger partial charge in [-0.2, -0.15) is 0 Å². The molecule has 0 aliphatic heterocycles. The molecule has 0 N–H and O–H groups in total. The quantitative estimate of drug-likeness (QED) is 0.719. The normalized spacial score (nSPS) is 10.3. The Labute approximate surface area is 100 Å². The minimum Gasteiger partial charge on any atom is -0.241 e. The van der Waals surface area contributed by atoms with E-state index < -0.39 is 5.82 Å². The summed E-state index contributed by atoms with van der Waals surface area (Å²) in [6.07, 6.45) is 0. The first-order chi connectivity index (χ1) is 7.15. The van der Waals surface area contributed by atoms with Crippen molar-refractivity contribution in [2.45, 2.75) is 0 Å². The van der Waals surface area contributed by atoms with E-state index in [1.807, 2.05) is 6.07 Å². The zero-order chi connectivity index (χ0) is 10.8. The Bertz CT molecular complexity index is 481. The number of nitrogens with zero attached hydrogens (tertiary/aromatic N) is 1. The van der Waals surface area contributed by atoms with Gasteiger partial charge >= 0.3 is 0 Å². The SMILES string of the molecule is Fc1[c]c(Cl)cc(-c2cccc(Br)n2)c1. The maximum atomic E-state index is 13.0. The summed E-state index contributed by atoms with van der Waals surface area (Å²) in [6.45, 7) is 0. The number of rotatable bonds is 1. The zero-order valence-corrected chi connectivity index (χ0v) is 9.81. The van der Waals surface area contributed by atoms with Crippen molar-refractivity contribution in [2.24, 2.45) is 0 Å². The van der Waals surface area contributed by atoms with E-state index in [1.54, 1.807) is 18.2 Å². The number of hydrogen-bond donors (Lipinski definition) is 0. The summed E-state index contributed by atoms with van der Waals surface area (Å²) >= 11 is 8.96. The molecule has 75 valence electrons. The number of hydrogen-bond acceptors (Lipinski definition) is 1. The van der Waals surface area contributed by atoms with Gasteiger partial charge in [0.25, 0.3) is 0 Å². The van der Waals surface area contributed by atoms with Crippen molar-refractivity contribution in [1.82, 2.24) is 4.98 Å². The zero-order valence-electron chi connectivity index (χ0n) is 7.47. The molecule has 1 aromatic carbocycles. The van der Waals surface area contributed by atoms with E-state index in [4.69, 9.17) is 11.6 Å². The van der Waals surface area contributed by atoms with Gasteiger partial charge in [-0.3, -0.25) is 0 Å². The molecule has 1 nitrogen and oxygen atoms in total. The third kappa shape index (κ3) is 2.55. The molecular weight excluding hydrogens is 280 g/mol. The number of aromatic nitrogens is 1. The van der Waals surface area contributed by atoms with Gasteiger partial charge in [0, 0.05) is 11.6 Å². The van der Waals surface area contributed by atoms with E-state index in [1.165, 1.54) is 6.07 Å². The van der Waals surface area contributed by atoms with Gasteiger partial charge in [-0.25, -0.2) is 9.37 Å². The molecule has 15 heavy (non-hydrogen) atoms. The second kappa shape index (κ2) is 4.29. The van der Waals surface area contributed by atoms with Crippen molar-refractivity contribution >= 4 is 27.5 Å². The maximum Gasteiger partial charge on any atom is 0.133 e. The first-order valence-electron chi connectivity index (χ1n) is 4.16. The van der Waals surface area contributed by atoms with Crippen molar-refractivity contribution < 1.29 is 4.39 Å². The molecule has 0 aliphatic rings. The van der Waals surface area contributed by atoms with Crippen LogP contribution < -0.4 is 0 Å². The molecule has 0 amide bonds. The third-order valence-corrected chi connectivity index (χ3v) is 2.46. The molecular formula is C11H5BrClFN. The van der Waals surface area contributed by atoms with Crippen LogP contribution in [0.3, 0.4) is 0 Å². The minimum atomic E-state index is -0.487. The second-order valence-corrected chi connectivity index (χ2v) is 4.13. The van der Waals surface area contributed by atoms with E-state index in [0.717, 1.165) is 0 Å². The molecule has 0 fully saturated rings. The molecule has 0 aliphatic carbocycles. The Balaban J connectivity index is 2.54. The van der Waals surface area contributed by atoms with Crippen molar-refractivity contribution in [1.29, 1.82) is 0 Å². The molecule has 2 aromatic rings. The van der Waals surface area contributed by atoms with Crippen molar-refractivity contribution in [2.75, 3.05) is 0 Å². The Morgan fingerprint density at radius 1 is 1.33 bits per heavy atom. The number of halogens is 3. The van der Waals surface area contributed by atoms with Gasteiger partial charge in [0.15, 0.2) is 0 Å². The predicted molar refractivity (Wildman–Crippen MR) is 61.2 cm³/mol. The topological polar surface area (TPSA) is 12.9 Å². The van der Waals surface area contributed by atoms with Gasteiger partial charge in [0.1, 0.15) is 10.4 Å². The summed E-state index contributed by atoms with van der Waals surface area (Å²) in [7, 11) is 0. The van der Waals surface area contributed by atoms with Crippen LogP contribution in [-0.2, 0) is 0 Å². The predicted octanol–water partition coefficient (Wildman–Crippen LogP) is 4.10. The van der Waals surface area contributed by atoms with Crippen LogP contribution in [-0.4, -0.2) is 4.98 Å². The van der Waals surface area contributed by atoms with Crippen molar-refractivity contribution in [3.63, 3.8) is 0 Å². The Kier molecular flexibility index (Phi) is 3.03. The van der Waals surface area contributed by atoms with Crippen LogP contribution in [0.2, 0.25) is 5.02 Å². The average molecular weight is 286 g/mol. The fourth-order valence-corrected chi connectivity index (χ4v) is 1.77. The minimum absolute atomic E-state index is 0.242. The highest BCUT2D eigenvalue weighted by Gasteiger charge is 2.04. The molecule has 1 heterocycles. The molecule has 0 saturated heterocycles. The van der Waals surface area contributed by atoms with Crippen LogP contribution in [0, 0.1) is 11.9 Å².